The van der Waals surface area contributed by atoms with Gasteiger partial charge in [-0.3, -0.25) is 0 Å². The lowest BCUT2D eigenvalue weighted by Crippen LogP contribution is -2.41. The molecule has 0 saturated carbocycles. The predicted octanol–water partition coefficient (Wildman–Crippen LogP) is 2.73. The lowest BCUT2D eigenvalue weighted by atomic mass is 10.1. The van der Waals surface area contributed by atoms with Crippen LogP contribution < -0.4 is 10.1 Å². The number of pyridine rings is 1. The Morgan fingerprint density at radius 1 is 1.30 bits per heavy atom. The normalized spacial score (nSPS) is 19.2. The molecule has 1 unspecified atom stereocenters. The Balaban J connectivity index is 1.39. The zero-order valence-corrected chi connectivity index (χ0v) is 15.7. The van der Waals surface area contributed by atoms with Crippen molar-refractivity contribution >= 4 is 5.96 Å². The quantitative estimate of drug-likeness (QED) is 0.651. The minimum atomic E-state index is 0.140. The topological polar surface area (TPSA) is 59.0 Å². The average molecular weight is 366 g/mol. The zero-order chi connectivity index (χ0) is 18.5. The number of aromatic nitrogens is 1. The summed E-state index contributed by atoms with van der Waals surface area (Å²) in [5.74, 6) is 1.63. The third-order valence-corrected chi connectivity index (χ3v) is 4.90. The second-order valence-electron chi connectivity index (χ2n) is 6.91. The molecule has 1 aromatic heterocycles. The van der Waals surface area contributed by atoms with E-state index in [0.717, 1.165) is 38.6 Å². The van der Waals surface area contributed by atoms with Gasteiger partial charge >= 0.3 is 0 Å². The summed E-state index contributed by atoms with van der Waals surface area (Å²) in [5.41, 5.74) is 3.80. The van der Waals surface area contributed by atoms with Crippen LogP contribution >= 0.6 is 0 Å². The molecule has 27 heavy (non-hydrogen) atoms. The Bertz CT molecular complexity index is 794. The van der Waals surface area contributed by atoms with Gasteiger partial charge in [-0.15, -0.1) is 0 Å². The molecule has 2 aliphatic heterocycles. The first-order valence-corrected chi connectivity index (χ1v) is 9.61. The second kappa shape index (κ2) is 8.39. The van der Waals surface area contributed by atoms with Gasteiger partial charge in [0.1, 0.15) is 6.10 Å². The monoisotopic (exact) mass is 366 g/mol. The highest BCUT2D eigenvalue weighted by Crippen LogP contribution is 2.21. The van der Waals surface area contributed by atoms with Gasteiger partial charge in [0.05, 0.1) is 26.3 Å². The average Bonchev–Trinajstić information content (AvgIpc) is 3.35. The van der Waals surface area contributed by atoms with E-state index in [9.17, 15) is 0 Å². The van der Waals surface area contributed by atoms with Crippen LogP contribution in [0.4, 0.5) is 0 Å². The third kappa shape index (κ3) is 4.39. The first kappa shape index (κ1) is 17.8. The van der Waals surface area contributed by atoms with Crippen molar-refractivity contribution in [2.45, 2.75) is 39.2 Å². The van der Waals surface area contributed by atoms with Gasteiger partial charge in [-0.25, -0.2) is 9.98 Å². The van der Waals surface area contributed by atoms with Gasteiger partial charge < -0.3 is 19.7 Å². The number of rotatable bonds is 5. The van der Waals surface area contributed by atoms with Crippen LogP contribution in [0.2, 0.25) is 0 Å². The fourth-order valence-corrected chi connectivity index (χ4v) is 3.52. The molecule has 6 heteroatoms. The SMILES string of the molecule is CCNC(=NCc1ccc2c(c1)COC2)N1CCC(Oc2ccccn2)C1. The molecule has 0 bridgehead atoms. The molecule has 3 heterocycles. The van der Waals surface area contributed by atoms with Gasteiger partial charge in [0.15, 0.2) is 5.96 Å². The molecule has 1 saturated heterocycles. The molecule has 142 valence electrons. The number of aliphatic imine (C=N–C) groups is 1. The Morgan fingerprint density at radius 2 is 2.22 bits per heavy atom. The maximum Gasteiger partial charge on any atom is 0.213 e. The molecule has 1 atom stereocenters. The highest BCUT2D eigenvalue weighted by Gasteiger charge is 2.26. The number of guanidine groups is 1. The van der Waals surface area contributed by atoms with E-state index in [2.05, 4.69) is 40.3 Å². The van der Waals surface area contributed by atoms with Gasteiger partial charge in [-0.2, -0.15) is 0 Å². The van der Waals surface area contributed by atoms with Crippen LogP contribution in [-0.4, -0.2) is 41.6 Å². The summed E-state index contributed by atoms with van der Waals surface area (Å²) in [6.07, 6.45) is 2.87. The van der Waals surface area contributed by atoms with E-state index >= 15 is 0 Å². The number of ether oxygens (including phenoxy) is 2. The van der Waals surface area contributed by atoms with Crippen molar-refractivity contribution in [3.63, 3.8) is 0 Å². The number of benzene rings is 1. The molecular weight excluding hydrogens is 340 g/mol. The number of nitrogens with zero attached hydrogens (tertiary/aromatic N) is 3. The van der Waals surface area contributed by atoms with Gasteiger partial charge in [0.2, 0.25) is 5.88 Å². The van der Waals surface area contributed by atoms with Crippen molar-refractivity contribution in [3.05, 3.63) is 59.3 Å². The predicted molar refractivity (Wildman–Crippen MR) is 105 cm³/mol. The summed E-state index contributed by atoms with van der Waals surface area (Å²) >= 11 is 0. The highest BCUT2D eigenvalue weighted by molar-refractivity contribution is 5.80. The van der Waals surface area contributed by atoms with Crippen molar-refractivity contribution in [2.75, 3.05) is 19.6 Å². The molecule has 1 N–H and O–H groups in total. The Kier molecular flexibility index (Phi) is 5.53. The summed E-state index contributed by atoms with van der Waals surface area (Å²) in [6.45, 7) is 6.80. The summed E-state index contributed by atoms with van der Waals surface area (Å²) < 4.78 is 11.5. The molecule has 2 aromatic rings. The third-order valence-electron chi connectivity index (χ3n) is 4.90. The van der Waals surface area contributed by atoms with E-state index < -0.39 is 0 Å². The van der Waals surface area contributed by atoms with Crippen LogP contribution in [0, 0.1) is 0 Å². The van der Waals surface area contributed by atoms with Gasteiger partial charge in [-0.05, 0) is 29.7 Å². The summed E-state index contributed by atoms with van der Waals surface area (Å²) in [5, 5.41) is 3.41. The van der Waals surface area contributed by atoms with Crippen molar-refractivity contribution < 1.29 is 9.47 Å². The first-order chi connectivity index (χ1) is 13.3. The van der Waals surface area contributed by atoms with E-state index in [0.29, 0.717) is 19.0 Å². The van der Waals surface area contributed by atoms with Crippen LogP contribution in [0.1, 0.15) is 30.0 Å². The lowest BCUT2D eigenvalue weighted by molar-refractivity contribution is 0.134. The highest BCUT2D eigenvalue weighted by atomic mass is 16.5. The van der Waals surface area contributed by atoms with Crippen LogP contribution in [0.15, 0.2) is 47.6 Å². The fourth-order valence-electron chi connectivity index (χ4n) is 3.52. The Labute approximate surface area is 160 Å². The van der Waals surface area contributed by atoms with Crippen molar-refractivity contribution in [3.8, 4) is 5.88 Å². The minimum Gasteiger partial charge on any atom is -0.472 e. The number of nitrogens with one attached hydrogen (secondary N) is 1. The molecule has 1 fully saturated rings. The molecule has 0 radical (unpaired) electrons. The van der Waals surface area contributed by atoms with E-state index in [-0.39, 0.29) is 6.10 Å². The molecule has 1 aromatic carbocycles. The number of hydrogen-bond acceptors (Lipinski definition) is 4. The first-order valence-electron chi connectivity index (χ1n) is 9.61. The lowest BCUT2D eigenvalue weighted by Gasteiger charge is -2.21. The molecule has 0 aliphatic carbocycles. The summed E-state index contributed by atoms with van der Waals surface area (Å²) in [7, 11) is 0. The molecule has 0 spiro atoms. The number of hydrogen-bond donors (Lipinski definition) is 1. The van der Waals surface area contributed by atoms with Crippen molar-refractivity contribution in [2.24, 2.45) is 4.99 Å². The minimum absolute atomic E-state index is 0.140. The van der Waals surface area contributed by atoms with Crippen LogP contribution in [0.5, 0.6) is 5.88 Å². The summed E-state index contributed by atoms with van der Waals surface area (Å²) in [4.78, 5) is 11.4. The van der Waals surface area contributed by atoms with E-state index in [1.807, 2.05) is 18.2 Å². The van der Waals surface area contributed by atoms with E-state index in [1.165, 1.54) is 16.7 Å². The van der Waals surface area contributed by atoms with E-state index in [4.69, 9.17) is 14.5 Å². The maximum absolute atomic E-state index is 6.00. The molecular formula is C21H26N4O2. The zero-order valence-electron chi connectivity index (χ0n) is 15.7. The molecule has 2 aliphatic rings. The number of likely N-dealkylation sites (tertiary alicyclic amines) is 1. The van der Waals surface area contributed by atoms with Crippen LogP contribution in [-0.2, 0) is 24.5 Å². The van der Waals surface area contributed by atoms with Crippen molar-refractivity contribution in [1.82, 2.24) is 15.2 Å². The second-order valence-corrected chi connectivity index (χ2v) is 6.91. The smallest absolute Gasteiger partial charge is 0.213 e. The largest absolute Gasteiger partial charge is 0.472 e. The number of fused-ring (bicyclic) bond motifs is 1. The Hall–Kier alpha value is -2.60. The van der Waals surface area contributed by atoms with Gasteiger partial charge in [-0.1, -0.05) is 24.3 Å². The van der Waals surface area contributed by atoms with Crippen LogP contribution in [0.25, 0.3) is 0 Å². The van der Waals surface area contributed by atoms with E-state index in [1.54, 1.807) is 6.20 Å². The van der Waals surface area contributed by atoms with Gasteiger partial charge in [0.25, 0.3) is 0 Å². The standard InChI is InChI=1S/C21H26N4O2/c1-2-22-21(24-12-16-6-7-17-14-26-15-18(17)11-16)25-10-8-19(13-25)27-20-5-3-4-9-23-20/h3-7,9,11,19H,2,8,10,12-15H2,1H3,(H,22,24). The molecule has 4 rings (SSSR count). The molecule has 0 amide bonds. The van der Waals surface area contributed by atoms with Crippen molar-refractivity contribution in [1.29, 1.82) is 0 Å². The molecule has 6 nitrogen and oxygen atoms in total. The fraction of sp³-hybridized carbons (Fsp3) is 0.429. The van der Waals surface area contributed by atoms with Crippen LogP contribution in [0.3, 0.4) is 0 Å². The van der Waals surface area contributed by atoms with Gasteiger partial charge in [0, 0.05) is 31.8 Å². The maximum atomic E-state index is 6.00. The summed E-state index contributed by atoms with van der Waals surface area (Å²) in [6, 6.07) is 12.3. The Morgan fingerprint density at radius 3 is 3.07 bits per heavy atom.